The van der Waals surface area contributed by atoms with Gasteiger partial charge in [0, 0.05) is 4.90 Å². The summed E-state index contributed by atoms with van der Waals surface area (Å²) >= 11 is 3.28. The maximum absolute atomic E-state index is 12.3. The minimum atomic E-state index is -5.21. The number of alkyl halides is 6. The van der Waals surface area contributed by atoms with Crippen LogP contribution in [0.25, 0.3) is 0 Å². The van der Waals surface area contributed by atoms with Crippen molar-refractivity contribution in [2.75, 3.05) is 0 Å². The predicted octanol–water partition coefficient (Wildman–Crippen LogP) is 3.72. The number of benzene rings is 1. The third-order valence-electron chi connectivity index (χ3n) is 1.69. The highest BCUT2D eigenvalue weighted by Crippen LogP contribution is 2.44. The molecule has 0 heterocycles. The zero-order valence-corrected chi connectivity index (χ0v) is 8.21. The van der Waals surface area contributed by atoms with E-state index < -0.39 is 34.1 Å². The van der Waals surface area contributed by atoms with Crippen LogP contribution in [-0.2, 0) is 12.4 Å². The fourth-order valence-corrected chi connectivity index (χ4v) is 1.51. The molecule has 0 aliphatic carbocycles. The maximum Gasteiger partial charge on any atom is 0.418 e. The highest BCUT2D eigenvalue weighted by atomic mass is 32.1. The van der Waals surface area contributed by atoms with E-state index in [-0.39, 0.29) is 6.07 Å². The third-order valence-corrected chi connectivity index (χ3v) is 2.04. The summed E-state index contributed by atoms with van der Waals surface area (Å²) in [7, 11) is 0. The van der Waals surface area contributed by atoms with E-state index in [9.17, 15) is 26.3 Å². The molecule has 16 heavy (non-hydrogen) atoms. The number of aromatic hydroxyl groups is 1. The standard InChI is InChI=1S/C8H4F6OS/c9-7(10,11)4-1-3(15)2-5(16)6(4)8(12,13)14/h1-2,15-16H. The van der Waals surface area contributed by atoms with Crippen molar-refractivity contribution in [3.63, 3.8) is 0 Å². The lowest BCUT2D eigenvalue weighted by Crippen LogP contribution is -2.17. The Balaban J connectivity index is 3.58. The van der Waals surface area contributed by atoms with Crippen LogP contribution in [0, 0.1) is 0 Å². The van der Waals surface area contributed by atoms with Gasteiger partial charge in [0.1, 0.15) is 5.75 Å². The van der Waals surface area contributed by atoms with Crippen molar-refractivity contribution in [1.82, 2.24) is 0 Å². The Bertz CT molecular complexity index is 408. The molecule has 0 unspecified atom stereocenters. The molecular formula is C8H4F6OS. The lowest BCUT2D eigenvalue weighted by atomic mass is 10.1. The highest BCUT2D eigenvalue weighted by molar-refractivity contribution is 7.80. The van der Waals surface area contributed by atoms with Crippen LogP contribution >= 0.6 is 12.6 Å². The average molecular weight is 262 g/mol. The minimum absolute atomic E-state index is 0.0164. The number of phenols is 1. The van der Waals surface area contributed by atoms with Crippen LogP contribution in [0.3, 0.4) is 0 Å². The van der Waals surface area contributed by atoms with E-state index >= 15 is 0 Å². The molecule has 90 valence electrons. The van der Waals surface area contributed by atoms with E-state index in [0.717, 1.165) is 0 Å². The molecule has 0 bridgehead atoms. The summed E-state index contributed by atoms with van der Waals surface area (Å²) in [5, 5.41) is 8.83. The Morgan fingerprint density at radius 3 is 1.81 bits per heavy atom. The number of thiol groups is 1. The molecule has 1 N–H and O–H groups in total. The number of hydrogen-bond acceptors (Lipinski definition) is 2. The van der Waals surface area contributed by atoms with Gasteiger partial charge in [-0.15, -0.1) is 12.6 Å². The first kappa shape index (κ1) is 13.0. The Kier molecular flexibility index (Phi) is 3.06. The monoisotopic (exact) mass is 262 g/mol. The van der Waals surface area contributed by atoms with Crippen LogP contribution in [0.4, 0.5) is 26.3 Å². The Morgan fingerprint density at radius 1 is 0.938 bits per heavy atom. The molecule has 0 aromatic heterocycles. The minimum Gasteiger partial charge on any atom is -0.508 e. The molecule has 1 nitrogen and oxygen atoms in total. The van der Waals surface area contributed by atoms with Gasteiger partial charge in [-0.2, -0.15) is 26.3 Å². The number of phenolic OH excluding ortho intramolecular Hbond substituents is 1. The molecule has 0 amide bonds. The molecule has 1 aromatic carbocycles. The summed E-state index contributed by atoms with van der Waals surface area (Å²) in [5.74, 6) is -0.926. The van der Waals surface area contributed by atoms with Gasteiger partial charge < -0.3 is 5.11 Å². The van der Waals surface area contributed by atoms with Gasteiger partial charge in [0.15, 0.2) is 0 Å². The molecule has 0 radical (unpaired) electrons. The lowest BCUT2D eigenvalue weighted by Gasteiger charge is -2.17. The summed E-state index contributed by atoms with van der Waals surface area (Å²) in [6.45, 7) is 0. The van der Waals surface area contributed by atoms with Gasteiger partial charge in [0.2, 0.25) is 0 Å². The first-order chi connectivity index (χ1) is 7.03. The van der Waals surface area contributed by atoms with E-state index in [2.05, 4.69) is 12.6 Å². The molecule has 0 atom stereocenters. The van der Waals surface area contributed by atoms with Gasteiger partial charge in [0.25, 0.3) is 0 Å². The van der Waals surface area contributed by atoms with Crippen LogP contribution in [0.1, 0.15) is 11.1 Å². The maximum atomic E-state index is 12.3. The zero-order valence-electron chi connectivity index (χ0n) is 7.32. The Hall–Kier alpha value is -1.05. The van der Waals surface area contributed by atoms with Gasteiger partial charge in [0.05, 0.1) is 11.1 Å². The van der Waals surface area contributed by atoms with Crippen molar-refractivity contribution in [2.45, 2.75) is 17.2 Å². The summed E-state index contributed by atoms with van der Waals surface area (Å²) in [5.41, 5.74) is -3.86. The van der Waals surface area contributed by atoms with Gasteiger partial charge in [-0.3, -0.25) is 0 Å². The second-order valence-electron chi connectivity index (χ2n) is 2.88. The van der Waals surface area contributed by atoms with Crippen molar-refractivity contribution in [3.05, 3.63) is 23.3 Å². The molecule has 0 spiro atoms. The van der Waals surface area contributed by atoms with Crippen molar-refractivity contribution in [3.8, 4) is 5.75 Å². The van der Waals surface area contributed by atoms with Gasteiger partial charge in [-0.1, -0.05) is 0 Å². The van der Waals surface area contributed by atoms with Gasteiger partial charge in [-0.25, -0.2) is 0 Å². The van der Waals surface area contributed by atoms with Crippen LogP contribution in [-0.4, -0.2) is 5.11 Å². The number of rotatable bonds is 0. The molecule has 0 aliphatic heterocycles. The SMILES string of the molecule is Oc1cc(S)c(C(F)(F)F)c(C(F)(F)F)c1. The second-order valence-corrected chi connectivity index (χ2v) is 3.36. The average Bonchev–Trinajstić information content (AvgIpc) is 1.97. The Labute approximate surface area is 91.1 Å². The normalized spacial score (nSPS) is 12.9. The van der Waals surface area contributed by atoms with Crippen molar-refractivity contribution < 1.29 is 31.4 Å². The quantitative estimate of drug-likeness (QED) is 0.539. The molecular weight excluding hydrogens is 258 g/mol. The third kappa shape index (κ3) is 2.55. The van der Waals surface area contributed by atoms with E-state index in [0.29, 0.717) is 6.07 Å². The fourth-order valence-electron chi connectivity index (χ4n) is 1.13. The van der Waals surface area contributed by atoms with Crippen LogP contribution in [0.15, 0.2) is 17.0 Å². The van der Waals surface area contributed by atoms with Crippen LogP contribution < -0.4 is 0 Å². The van der Waals surface area contributed by atoms with E-state index in [1.54, 1.807) is 0 Å². The smallest absolute Gasteiger partial charge is 0.418 e. The number of hydrogen-bond donors (Lipinski definition) is 2. The van der Waals surface area contributed by atoms with Gasteiger partial charge >= 0.3 is 12.4 Å². The fraction of sp³-hybridized carbons (Fsp3) is 0.250. The molecule has 1 rings (SSSR count). The van der Waals surface area contributed by atoms with E-state index in [1.807, 2.05) is 0 Å². The van der Waals surface area contributed by atoms with Crippen LogP contribution in [0.5, 0.6) is 5.75 Å². The largest absolute Gasteiger partial charge is 0.508 e. The Morgan fingerprint density at radius 2 is 1.44 bits per heavy atom. The molecule has 0 fully saturated rings. The van der Waals surface area contributed by atoms with Crippen molar-refractivity contribution >= 4 is 12.6 Å². The summed E-state index contributed by atoms with van der Waals surface area (Å²) in [6.07, 6.45) is -10.4. The van der Waals surface area contributed by atoms with Crippen LogP contribution in [0.2, 0.25) is 0 Å². The molecule has 0 saturated heterocycles. The predicted molar refractivity (Wildman–Crippen MR) is 45.4 cm³/mol. The van der Waals surface area contributed by atoms with E-state index in [1.165, 1.54) is 0 Å². The highest BCUT2D eigenvalue weighted by Gasteiger charge is 2.44. The molecule has 8 heteroatoms. The second kappa shape index (κ2) is 3.76. The van der Waals surface area contributed by atoms with Gasteiger partial charge in [-0.05, 0) is 12.1 Å². The molecule has 0 aliphatic rings. The summed E-state index contributed by atoms with van der Waals surface area (Å²) < 4.78 is 73.9. The zero-order chi connectivity index (χ0) is 12.7. The summed E-state index contributed by atoms with van der Waals surface area (Å²) in [4.78, 5) is -0.972. The molecule has 1 aromatic rings. The van der Waals surface area contributed by atoms with E-state index in [4.69, 9.17) is 5.11 Å². The molecule has 0 saturated carbocycles. The first-order valence-corrected chi connectivity index (χ1v) is 4.18. The van der Waals surface area contributed by atoms with Crippen molar-refractivity contribution in [2.24, 2.45) is 0 Å². The number of halogens is 6. The van der Waals surface area contributed by atoms with Crippen molar-refractivity contribution in [1.29, 1.82) is 0 Å². The first-order valence-electron chi connectivity index (χ1n) is 3.74. The lowest BCUT2D eigenvalue weighted by molar-refractivity contribution is -0.163. The summed E-state index contributed by atoms with van der Waals surface area (Å²) in [6, 6.07) is 0.518. The topological polar surface area (TPSA) is 20.2 Å².